The standard InChI is InChI=1S/C17H28N4O/c1-17(2,3)15-4-5-16(20-19-15)21-11-13(12-21)10-18-14-6-8-22-9-7-14/h4-5,13-14,18H,6-12H2,1-3H3. The van der Waals surface area contributed by atoms with Crippen LogP contribution in [0.1, 0.15) is 39.3 Å². The summed E-state index contributed by atoms with van der Waals surface area (Å²) in [7, 11) is 0. The highest BCUT2D eigenvalue weighted by Crippen LogP contribution is 2.25. The lowest BCUT2D eigenvalue weighted by molar-refractivity contribution is 0.0765. The second-order valence-electron chi connectivity index (χ2n) is 7.59. The zero-order chi connectivity index (χ0) is 15.6. The first-order valence-corrected chi connectivity index (χ1v) is 8.42. The van der Waals surface area contributed by atoms with E-state index in [4.69, 9.17) is 4.74 Å². The van der Waals surface area contributed by atoms with E-state index in [1.807, 2.05) is 0 Å². The summed E-state index contributed by atoms with van der Waals surface area (Å²) in [5.41, 5.74) is 1.12. The Hall–Kier alpha value is -1.20. The molecule has 0 atom stereocenters. The fourth-order valence-corrected chi connectivity index (χ4v) is 3.01. The SMILES string of the molecule is CC(C)(C)c1ccc(N2CC(CNC3CCOCC3)C2)nn1. The number of ether oxygens (including phenoxy) is 1. The van der Waals surface area contributed by atoms with Crippen molar-refractivity contribution in [2.45, 2.75) is 45.1 Å². The van der Waals surface area contributed by atoms with Crippen LogP contribution < -0.4 is 10.2 Å². The minimum Gasteiger partial charge on any atom is -0.381 e. The topological polar surface area (TPSA) is 50.3 Å². The Labute approximate surface area is 133 Å². The number of hydrogen-bond donors (Lipinski definition) is 1. The molecule has 2 aliphatic heterocycles. The molecule has 122 valence electrons. The molecule has 5 nitrogen and oxygen atoms in total. The predicted octanol–water partition coefficient (Wildman–Crippen LogP) is 1.98. The molecular weight excluding hydrogens is 276 g/mol. The molecule has 2 aliphatic rings. The highest BCUT2D eigenvalue weighted by Gasteiger charge is 2.29. The molecule has 1 N–H and O–H groups in total. The number of rotatable bonds is 4. The fraction of sp³-hybridized carbons (Fsp3) is 0.765. The van der Waals surface area contributed by atoms with Crippen LogP contribution >= 0.6 is 0 Å². The lowest BCUT2D eigenvalue weighted by atomic mass is 9.92. The van der Waals surface area contributed by atoms with Crippen molar-refractivity contribution < 1.29 is 4.74 Å². The average Bonchev–Trinajstić information content (AvgIpc) is 2.46. The van der Waals surface area contributed by atoms with Gasteiger partial charge in [-0.1, -0.05) is 20.8 Å². The van der Waals surface area contributed by atoms with Crippen molar-refractivity contribution in [3.05, 3.63) is 17.8 Å². The molecule has 22 heavy (non-hydrogen) atoms. The zero-order valence-electron chi connectivity index (χ0n) is 14.0. The van der Waals surface area contributed by atoms with E-state index >= 15 is 0 Å². The molecule has 0 aromatic carbocycles. The van der Waals surface area contributed by atoms with Gasteiger partial charge in [-0.2, -0.15) is 5.10 Å². The summed E-state index contributed by atoms with van der Waals surface area (Å²) < 4.78 is 5.39. The molecule has 0 aliphatic carbocycles. The molecule has 0 amide bonds. The Bertz CT molecular complexity index is 470. The Kier molecular flexibility index (Phi) is 4.64. The smallest absolute Gasteiger partial charge is 0.151 e. The molecule has 0 saturated carbocycles. The Morgan fingerprint density at radius 1 is 1.18 bits per heavy atom. The van der Waals surface area contributed by atoms with E-state index in [1.165, 1.54) is 0 Å². The normalized spacial score (nSPS) is 21.0. The lowest BCUT2D eigenvalue weighted by Gasteiger charge is -2.41. The summed E-state index contributed by atoms with van der Waals surface area (Å²) in [6.45, 7) is 11.6. The van der Waals surface area contributed by atoms with Crippen LogP contribution in [-0.4, -0.2) is 49.1 Å². The van der Waals surface area contributed by atoms with Crippen molar-refractivity contribution in [3.8, 4) is 0 Å². The van der Waals surface area contributed by atoms with Crippen molar-refractivity contribution >= 4 is 5.82 Å². The molecule has 0 spiro atoms. The van der Waals surface area contributed by atoms with Gasteiger partial charge < -0.3 is 15.0 Å². The highest BCUT2D eigenvalue weighted by atomic mass is 16.5. The minimum absolute atomic E-state index is 0.0661. The van der Waals surface area contributed by atoms with Gasteiger partial charge in [0, 0.05) is 50.2 Å². The van der Waals surface area contributed by atoms with E-state index in [1.54, 1.807) is 0 Å². The van der Waals surface area contributed by atoms with Gasteiger partial charge in [-0.25, -0.2) is 0 Å². The van der Waals surface area contributed by atoms with Gasteiger partial charge in [-0.15, -0.1) is 5.10 Å². The van der Waals surface area contributed by atoms with E-state index in [2.05, 4.69) is 53.3 Å². The molecule has 0 bridgehead atoms. The van der Waals surface area contributed by atoms with E-state index in [9.17, 15) is 0 Å². The number of aromatic nitrogens is 2. The highest BCUT2D eigenvalue weighted by molar-refractivity contribution is 5.41. The van der Waals surface area contributed by atoms with Gasteiger partial charge in [0.15, 0.2) is 5.82 Å². The first kappa shape index (κ1) is 15.7. The fourth-order valence-electron chi connectivity index (χ4n) is 3.01. The van der Waals surface area contributed by atoms with Gasteiger partial charge in [0.2, 0.25) is 0 Å². The molecule has 3 rings (SSSR count). The molecule has 5 heteroatoms. The van der Waals surface area contributed by atoms with Gasteiger partial charge in [-0.3, -0.25) is 0 Å². The van der Waals surface area contributed by atoms with E-state index in [0.29, 0.717) is 6.04 Å². The third kappa shape index (κ3) is 3.76. The summed E-state index contributed by atoms with van der Waals surface area (Å²) in [6, 6.07) is 4.86. The number of nitrogens with one attached hydrogen (secondary N) is 1. The summed E-state index contributed by atoms with van der Waals surface area (Å²) in [4.78, 5) is 2.32. The van der Waals surface area contributed by atoms with Gasteiger partial charge in [0.05, 0.1) is 5.69 Å². The summed E-state index contributed by atoms with van der Waals surface area (Å²) in [5, 5.41) is 12.4. The van der Waals surface area contributed by atoms with E-state index in [-0.39, 0.29) is 5.41 Å². The summed E-state index contributed by atoms with van der Waals surface area (Å²) in [6.07, 6.45) is 2.30. The van der Waals surface area contributed by atoms with Crippen molar-refractivity contribution in [1.82, 2.24) is 15.5 Å². The summed E-state index contributed by atoms with van der Waals surface area (Å²) in [5.74, 6) is 1.74. The van der Waals surface area contributed by atoms with Crippen LogP contribution in [0.2, 0.25) is 0 Å². The molecule has 1 aromatic rings. The third-order valence-corrected chi connectivity index (χ3v) is 4.62. The maximum Gasteiger partial charge on any atom is 0.151 e. The molecule has 1 aromatic heterocycles. The largest absolute Gasteiger partial charge is 0.381 e. The van der Waals surface area contributed by atoms with E-state index < -0.39 is 0 Å². The van der Waals surface area contributed by atoms with Gasteiger partial charge in [0.1, 0.15) is 0 Å². The van der Waals surface area contributed by atoms with Crippen LogP contribution in [-0.2, 0) is 10.2 Å². The Morgan fingerprint density at radius 3 is 2.50 bits per heavy atom. The van der Waals surface area contributed by atoms with E-state index in [0.717, 1.165) is 63.1 Å². The van der Waals surface area contributed by atoms with Crippen LogP contribution in [0.25, 0.3) is 0 Å². The minimum atomic E-state index is 0.0661. The van der Waals surface area contributed by atoms with Crippen LogP contribution in [0.5, 0.6) is 0 Å². The molecule has 2 saturated heterocycles. The van der Waals surface area contributed by atoms with Crippen LogP contribution in [0.4, 0.5) is 5.82 Å². The lowest BCUT2D eigenvalue weighted by Crippen LogP contribution is -2.52. The van der Waals surface area contributed by atoms with Crippen molar-refractivity contribution in [3.63, 3.8) is 0 Å². The van der Waals surface area contributed by atoms with Crippen molar-refractivity contribution in [2.75, 3.05) is 37.7 Å². The average molecular weight is 304 g/mol. The Balaban J connectivity index is 1.43. The molecule has 2 fully saturated rings. The third-order valence-electron chi connectivity index (χ3n) is 4.62. The number of anilines is 1. The second kappa shape index (κ2) is 6.50. The summed E-state index contributed by atoms with van der Waals surface area (Å²) >= 11 is 0. The predicted molar refractivity (Wildman–Crippen MR) is 88.3 cm³/mol. The van der Waals surface area contributed by atoms with Crippen molar-refractivity contribution in [1.29, 1.82) is 0 Å². The quantitative estimate of drug-likeness (QED) is 0.922. The number of hydrogen-bond acceptors (Lipinski definition) is 5. The first-order valence-electron chi connectivity index (χ1n) is 8.42. The molecule has 3 heterocycles. The maximum atomic E-state index is 5.39. The monoisotopic (exact) mass is 304 g/mol. The molecule has 0 unspecified atom stereocenters. The van der Waals surface area contributed by atoms with Gasteiger partial charge in [-0.05, 0) is 25.0 Å². The Morgan fingerprint density at radius 2 is 1.91 bits per heavy atom. The molecule has 0 radical (unpaired) electrons. The second-order valence-corrected chi connectivity index (χ2v) is 7.59. The van der Waals surface area contributed by atoms with Crippen LogP contribution in [0.3, 0.4) is 0 Å². The zero-order valence-corrected chi connectivity index (χ0v) is 14.0. The van der Waals surface area contributed by atoms with Crippen LogP contribution in [0.15, 0.2) is 12.1 Å². The molecular formula is C17H28N4O. The maximum absolute atomic E-state index is 5.39. The van der Waals surface area contributed by atoms with Crippen LogP contribution in [0, 0.1) is 5.92 Å². The van der Waals surface area contributed by atoms with Gasteiger partial charge >= 0.3 is 0 Å². The first-order chi connectivity index (χ1) is 10.5. The van der Waals surface area contributed by atoms with Gasteiger partial charge in [0.25, 0.3) is 0 Å². The number of nitrogens with zero attached hydrogens (tertiary/aromatic N) is 3. The van der Waals surface area contributed by atoms with Crippen molar-refractivity contribution in [2.24, 2.45) is 5.92 Å².